The zero-order valence-corrected chi connectivity index (χ0v) is 23.7. The van der Waals surface area contributed by atoms with E-state index in [9.17, 15) is 10.2 Å². The minimum absolute atomic E-state index is 0.0409. The number of dihydropyridines is 1. The molecule has 3 aliphatic rings. The molecule has 7 nitrogen and oxygen atoms in total. The average Bonchev–Trinajstić information content (AvgIpc) is 2.96. The van der Waals surface area contributed by atoms with Gasteiger partial charge in [-0.25, -0.2) is 0 Å². The Labute approximate surface area is 234 Å². The third-order valence-electron chi connectivity index (χ3n) is 8.07. The van der Waals surface area contributed by atoms with Gasteiger partial charge in [0.15, 0.2) is 11.5 Å². The second kappa shape index (κ2) is 14.8. The zero-order valence-electron chi connectivity index (χ0n) is 23.7. The van der Waals surface area contributed by atoms with E-state index in [4.69, 9.17) is 15.2 Å². The number of hydrogen-bond acceptors (Lipinski definition) is 7. The summed E-state index contributed by atoms with van der Waals surface area (Å²) in [5.74, 6) is 7.86. The third-order valence-corrected chi connectivity index (χ3v) is 8.07. The Kier molecular flexibility index (Phi) is 11.2. The first-order valence-electron chi connectivity index (χ1n) is 14.8. The van der Waals surface area contributed by atoms with Crippen molar-refractivity contribution < 1.29 is 19.7 Å². The van der Waals surface area contributed by atoms with Crippen LogP contribution in [-0.2, 0) is 11.2 Å². The molecule has 4 atom stereocenters. The Balaban J connectivity index is 1.35. The van der Waals surface area contributed by atoms with Crippen LogP contribution in [0.5, 0.6) is 11.5 Å². The van der Waals surface area contributed by atoms with Crippen molar-refractivity contribution in [3.05, 3.63) is 46.7 Å². The van der Waals surface area contributed by atoms with Crippen LogP contribution in [0.4, 0.5) is 0 Å². The van der Waals surface area contributed by atoms with Crippen LogP contribution in [0.3, 0.4) is 0 Å². The maximum Gasteiger partial charge on any atom is 0.161 e. The molecule has 1 aromatic rings. The maximum absolute atomic E-state index is 11.0. The van der Waals surface area contributed by atoms with E-state index in [1.807, 2.05) is 25.4 Å². The van der Waals surface area contributed by atoms with Gasteiger partial charge < -0.3 is 36.1 Å². The van der Waals surface area contributed by atoms with Crippen LogP contribution in [0.25, 0.3) is 0 Å². The van der Waals surface area contributed by atoms with Crippen LogP contribution >= 0.6 is 0 Å². The van der Waals surface area contributed by atoms with Crippen molar-refractivity contribution in [2.45, 2.75) is 102 Å². The summed E-state index contributed by atoms with van der Waals surface area (Å²) in [5.41, 5.74) is 10.4. The minimum atomic E-state index is -0.480. The average molecular weight is 538 g/mol. The molecule has 0 aromatic heterocycles. The van der Waals surface area contributed by atoms with Gasteiger partial charge >= 0.3 is 0 Å². The van der Waals surface area contributed by atoms with Gasteiger partial charge in [0, 0.05) is 29.8 Å². The van der Waals surface area contributed by atoms with Crippen molar-refractivity contribution in [1.82, 2.24) is 10.6 Å². The SMILES string of the molecule is CNCC1=C2C#CC(C)CCCC(CC(O)CCc3ccc(O)c(OC4CCCCC4)c3)OCC2=CNC1N. The lowest BCUT2D eigenvalue weighted by molar-refractivity contribution is 0.0166. The lowest BCUT2D eigenvalue weighted by Gasteiger charge is -2.27. The van der Waals surface area contributed by atoms with Crippen molar-refractivity contribution in [2.24, 2.45) is 11.7 Å². The predicted molar refractivity (Wildman–Crippen MR) is 155 cm³/mol. The fourth-order valence-electron chi connectivity index (χ4n) is 5.71. The zero-order chi connectivity index (χ0) is 27.6. The molecule has 4 unspecified atom stereocenters. The molecule has 1 saturated carbocycles. The van der Waals surface area contributed by atoms with Gasteiger partial charge in [-0.1, -0.05) is 31.3 Å². The van der Waals surface area contributed by atoms with E-state index in [1.165, 1.54) is 19.3 Å². The molecule has 0 amide bonds. The van der Waals surface area contributed by atoms with Crippen molar-refractivity contribution in [2.75, 3.05) is 20.2 Å². The van der Waals surface area contributed by atoms with Crippen LogP contribution in [0.2, 0.25) is 0 Å². The predicted octanol–water partition coefficient (Wildman–Crippen LogP) is 4.28. The Morgan fingerprint density at radius 2 is 2.00 bits per heavy atom. The van der Waals surface area contributed by atoms with Crippen molar-refractivity contribution in [3.8, 4) is 23.3 Å². The van der Waals surface area contributed by atoms with Crippen LogP contribution in [0.1, 0.15) is 76.7 Å². The number of nitrogens with one attached hydrogen (secondary N) is 2. The Morgan fingerprint density at radius 1 is 1.18 bits per heavy atom. The van der Waals surface area contributed by atoms with E-state index >= 15 is 0 Å². The highest BCUT2D eigenvalue weighted by Gasteiger charge is 2.23. The summed E-state index contributed by atoms with van der Waals surface area (Å²) in [6.07, 6.45) is 11.9. The molecule has 2 aliphatic heterocycles. The summed E-state index contributed by atoms with van der Waals surface area (Å²) in [6.45, 7) is 3.27. The number of fused-ring (bicyclic) bond motifs is 1. The number of phenols is 1. The summed E-state index contributed by atoms with van der Waals surface area (Å²) in [7, 11) is 1.91. The maximum atomic E-state index is 11.0. The number of aliphatic hydroxyl groups excluding tert-OH is 1. The molecule has 1 aromatic carbocycles. The van der Waals surface area contributed by atoms with Gasteiger partial charge in [-0.3, -0.25) is 0 Å². The molecule has 0 bridgehead atoms. The van der Waals surface area contributed by atoms with E-state index in [-0.39, 0.29) is 30.0 Å². The molecule has 1 aliphatic carbocycles. The second-order valence-corrected chi connectivity index (χ2v) is 11.4. The number of phenolic OH excluding ortho intramolecular Hbond substituents is 1. The molecule has 4 rings (SSSR count). The van der Waals surface area contributed by atoms with Crippen LogP contribution in [0, 0.1) is 17.8 Å². The molecule has 39 heavy (non-hydrogen) atoms. The molecule has 6 N–H and O–H groups in total. The molecule has 0 radical (unpaired) electrons. The summed E-state index contributed by atoms with van der Waals surface area (Å²) in [5, 5.41) is 27.7. The Morgan fingerprint density at radius 3 is 2.79 bits per heavy atom. The van der Waals surface area contributed by atoms with E-state index in [2.05, 4.69) is 29.4 Å². The number of benzene rings is 1. The van der Waals surface area contributed by atoms with E-state index < -0.39 is 6.10 Å². The number of hydrogen-bond donors (Lipinski definition) is 5. The first-order valence-corrected chi connectivity index (χ1v) is 14.8. The minimum Gasteiger partial charge on any atom is -0.504 e. The highest BCUT2D eigenvalue weighted by molar-refractivity contribution is 5.53. The summed E-state index contributed by atoms with van der Waals surface area (Å²) in [4.78, 5) is 0. The number of aliphatic hydroxyl groups is 1. The molecule has 0 spiro atoms. The Hall–Kier alpha value is -2.50. The Bertz CT molecular complexity index is 1070. The molecule has 214 valence electrons. The number of aryl methyl sites for hydroxylation is 1. The van der Waals surface area contributed by atoms with E-state index in [0.29, 0.717) is 38.2 Å². The molecule has 1 fully saturated rings. The van der Waals surface area contributed by atoms with Crippen LogP contribution in [0.15, 0.2) is 41.1 Å². The van der Waals surface area contributed by atoms with Gasteiger partial charge in [0.25, 0.3) is 0 Å². The molecular formula is C32H47N3O4. The lowest BCUT2D eigenvalue weighted by Crippen LogP contribution is -2.42. The van der Waals surface area contributed by atoms with Gasteiger partial charge in [0.05, 0.1) is 31.1 Å². The van der Waals surface area contributed by atoms with Crippen molar-refractivity contribution in [3.63, 3.8) is 0 Å². The van der Waals surface area contributed by atoms with E-state index in [0.717, 1.165) is 54.4 Å². The quantitative estimate of drug-likeness (QED) is 0.299. The molecule has 0 saturated heterocycles. The van der Waals surface area contributed by atoms with Gasteiger partial charge in [-0.15, -0.1) is 0 Å². The third kappa shape index (κ3) is 8.74. The van der Waals surface area contributed by atoms with Gasteiger partial charge in [0.1, 0.15) is 0 Å². The normalized spacial score (nSPS) is 25.3. The number of ether oxygens (including phenoxy) is 2. The standard InChI is InChI=1S/C32H47N3O4/c1-22-7-6-10-27(38-21-24-19-35-32(33)29(20-34-2)28(24)15-11-22)18-25(36)14-12-23-13-16-30(37)31(17-23)39-26-8-4-3-5-9-26/h13,16-17,19,22,25-27,32,34-37H,3-10,12,14,18,20-21,33H2,1-2H3. The monoisotopic (exact) mass is 537 g/mol. The molecule has 7 heteroatoms. The number of aromatic hydroxyl groups is 1. The number of likely N-dealkylation sites (N-methyl/N-ethyl adjacent to an activating group) is 1. The van der Waals surface area contributed by atoms with Crippen molar-refractivity contribution in [1.29, 1.82) is 0 Å². The largest absolute Gasteiger partial charge is 0.504 e. The highest BCUT2D eigenvalue weighted by atomic mass is 16.5. The van der Waals surface area contributed by atoms with Gasteiger partial charge in [-0.05, 0) is 94.5 Å². The smallest absolute Gasteiger partial charge is 0.161 e. The summed E-state index contributed by atoms with van der Waals surface area (Å²) < 4.78 is 12.5. The topological polar surface area (TPSA) is 109 Å². The number of nitrogens with two attached hydrogens (primary N) is 1. The van der Waals surface area contributed by atoms with E-state index in [1.54, 1.807) is 6.07 Å². The van der Waals surface area contributed by atoms with Crippen molar-refractivity contribution >= 4 is 0 Å². The first kappa shape index (κ1) is 29.5. The first-order chi connectivity index (χ1) is 18.9. The van der Waals surface area contributed by atoms with Gasteiger partial charge in [-0.2, -0.15) is 0 Å². The van der Waals surface area contributed by atoms with Crippen LogP contribution in [-0.4, -0.2) is 54.9 Å². The highest BCUT2D eigenvalue weighted by Crippen LogP contribution is 2.32. The van der Waals surface area contributed by atoms with Gasteiger partial charge in [0.2, 0.25) is 0 Å². The molecule has 2 heterocycles. The molecular weight excluding hydrogens is 490 g/mol. The summed E-state index contributed by atoms with van der Waals surface area (Å²) in [6, 6.07) is 5.57. The number of rotatable bonds is 9. The fourth-order valence-corrected chi connectivity index (χ4v) is 5.71. The fraction of sp³-hybridized carbons (Fsp3) is 0.625. The summed E-state index contributed by atoms with van der Waals surface area (Å²) >= 11 is 0. The van der Waals surface area contributed by atoms with Crippen LogP contribution < -0.4 is 21.1 Å². The lowest BCUT2D eigenvalue weighted by atomic mass is 9.95. The second-order valence-electron chi connectivity index (χ2n) is 11.4.